The van der Waals surface area contributed by atoms with Gasteiger partial charge in [-0.05, 0) is 39.0 Å². The normalized spacial score (nSPS) is 10.9. The number of aryl methyl sites for hydroxylation is 2. The van der Waals surface area contributed by atoms with Gasteiger partial charge >= 0.3 is 0 Å². The number of fused-ring (bicyclic) bond motifs is 1. The number of nitrogens with zero attached hydrogens (tertiary/aromatic N) is 2. The third-order valence-electron chi connectivity index (χ3n) is 3.12. The van der Waals surface area contributed by atoms with Crippen LogP contribution in [-0.2, 0) is 0 Å². The molecular weight excluding hydrogens is 250 g/mol. The van der Waals surface area contributed by atoms with Gasteiger partial charge in [0.05, 0.1) is 0 Å². The third-order valence-corrected chi connectivity index (χ3v) is 3.12. The summed E-state index contributed by atoms with van der Waals surface area (Å²) in [6.07, 6.45) is 0. The number of furan rings is 1. The molecule has 0 saturated heterocycles. The number of nitrogens with one attached hydrogen (secondary N) is 1. The smallest absolute Gasteiger partial charge is 0.154 e. The Morgan fingerprint density at radius 2 is 1.95 bits per heavy atom. The molecule has 4 heteroatoms. The topological polar surface area (TPSA) is 51.0 Å². The Labute approximate surface area is 117 Å². The summed E-state index contributed by atoms with van der Waals surface area (Å²) in [7, 11) is 0. The summed E-state index contributed by atoms with van der Waals surface area (Å²) in [6, 6.07) is 10.1. The minimum atomic E-state index is 0.732. The van der Waals surface area contributed by atoms with Crippen molar-refractivity contribution < 1.29 is 4.42 Å². The van der Waals surface area contributed by atoms with E-state index < -0.39 is 0 Å². The van der Waals surface area contributed by atoms with Crippen molar-refractivity contribution in [3.05, 3.63) is 41.7 Å². The molecule has 1 aromatic carbocycles. The van der Waals surface area contributed by atoms with Crippen molar-refractivity contribution in [2.45, 2.75) is 20.8 Å². The first-order valence-corrected chi connectivity index (χ1v) is 6.76. The van der Waals surface area contributed by atoms with Gasteiger partial charge < -0.3 is 9.73 Å². The fourth-order valence-electron chi connectivity index (χ4n) is 2.25. The predicted octanol–water partition coefficient (Wildman–Crippen LogP) is 3.94. The fraction of sp³-hybridized carbons (Fsp3) is 0.250. The molecular formula is C16H17N3O. The number of hydrogen-bond donors (Lipinski definition) is 1. The maximum Gasteiger partial charge on any atom is 0.154 e. The summed E-state index contributed by atoms with van der Waals surface area (Å²) in [5, 5.41) is 4.31. The van der Waals surface area contributed by atoms with Crippen LogP contribution < -0.4 is 5.32 Å². The van der Waals surface area contributed by atoms with Crippen molar-refractivity contribution in [3.63, 3.8) is 0 Å². The highest BCUT2D eigenvalue weighted by Gasteiger charge is 2.10. The minimum absolute atomic E-state index is 0.732. The standard InChI is InChI=1S/C16H17N3O/c1-4-17-16-9-13(18-11(3)19-16)15-8-12-7-10(2)5-6-14(12)20-15/h5-9H,4H2,1-3H3,(H,17,18,19). The molecule has 0 aliphatic rings. The first kappa shape index (κ1) is 12.7. The van der Waals surface area contributed by atoms with E-state index >= 15 is 0 Å². The molecule has 1 N–H and O–H groups in total. The lowest BCUT2D eigenvalue weighted by Gasteiger charge is -2.04. The Morgan fingerprint density at radius 3 is 2.75 bits per heavy atom. The zero-order chi connectivity index (χ0) is 14.1. The number of rotatable bonds is 3. The SMILES string of the molecule is CCNc1cc(-c2cc3cc(C)ccc3o2)nc(C)n1. The van der Waals surface area contributed by atoms with Gasteiger partial charge in [-0.2, -0.15) is 0 Å². The van der Waals surface area contributed by atoms with Gasteiger partial charge in [0.15, 0.2) is 5.76 Å². The Kier molecular flexibility index (Phi) is 3.14. The number of benzene rings is 1. The van der Waals surface area contributed by atoms with Gasteiger partial charge in [0.1, 0.15) is 22.9 Å². The zero-order valence-electron chi connectivity index (χ0n) is 11.9. The van der Waals surface area contributed by atoms with Crippen LogP contribution in [0.3, 0.4) is 0 Å². The van der Waals surface area contributed by atoms with Crippen LogP contribution in [0.15, 0.2) is 34.7 Å². The molecule has 0 aliphatic carbocycles. The van der Waals surface area contributed by atoms with Gasteiger partial charge in [0.2, 0.25) is 0 Å². The second-order valence-electron chi connectivity index (χ2n) is 4.87. The van der Waals surface area contributed by atoms with Crippen LogP contribution in [0.5, 0.6) is 0 Å². The lowest BCUT2D eigenvalue weighted by molar-refractivity contribution is 0.628. The summed E-state index contributed by atoms with van der Waals surface area (Å²) < 4.78 is 5.88. The van der Waals surface area contributed by atoms with Gasteiger partial charge in [0, 0.05) is 18.0 Å². The van der Waals surface area contributed by atoms with E-state index in [1.165, 1.54) is 5.56 Å². The Hall–Kier alpha value is -2.36. The van der Waals surface area contributed by atoms with Crippen LogP contribution in [-0.4, -0.2) is 16.5 Å². The van der Waals surface area contributed by atoms with Crippen molar-refractivity contribution in [1.82, 2.24) is 9.97 Å². The molecule has 0 unspecified atom stereocenters. The number of anilines is 1. The highest BCUT2D eigenvalue weighted by molar-refractivity contribution is 5.83. The third kappa shape index (κ3) is 2.37. The minimum Gasteiger partial charge on any atom is -0.454 e. The summed E-state index contributed by atoms with van der Waals surface area (Å²) in [5.74, 6) is 2.33. The molecule has 0 bridgehead atoms. The summed E-state index contributed by atoms with van der Waals surface area (Å²) in [6.45, 7) is 6.83. The quantitative estimate of drug-likeness (QED) is 0.781. The van der Waals surface area contributed by atoms with Crippen LogP contribution >= 0.6 is 0 Å². The van der Waals surface area contributed by atoms with Crippen molar-refractivity contribution in [2.24, 2.45) is 0 Å². The highest BCUT2D eigenvalue weighted by atomic mass is 16.3. The second kappa shape index (κ2) is 4.96. The molecule has 3 aromatic rings. The van der Waals surface area contributed by atoms with Gasteiger partial charge in [-0.25, -0.2) is 9.97 Å². The molecule has 0 radical (unpaired) electrons. The summed E-state index contributed by atoms with van der Waals surface area (Å²) in [4.78, 5) is 8.81. The molecule has 0 atom stereocenters. The fourth-order valence-corrected chi connectivity index (χ4v) is 2.25. The predicted molar refractivity (Wildman–Crippen MR) is 80.9 cm³/mol. The van der Waals surface area contributed by atoms with E-state index in [1.807, 2.05) is 38.1 Å². The van der Waals surface area contributed by atoms with Gasteiger partial charge in [-0.15, -0.1) is 0 Å². The second-order valence-corrected chi connectivity index (χ2v) is 4.87. The molecule has 20 heavy (non-hydrogen) atoms. The first-order valence-electron chi connectivity index (χ1n) is 6.76. The molecule has 4 nitrogen and oxygen atoms in total. The molecule has 0 fully saturated rings. The first-order chi connectivity index (χ1) is 9.65. The van der Waals surface area contributed by atoms with E-state index in [4.69, 9.17) is 4.42 Å². The van der Waals surface area contributed by atoms with Gasteiger partial charge in [0.25, 0.3) is 0 Å². The van der Waals surface area contributed by atoms with E-state index in [-0.39, 0.29) is 0 Å². The lowest BCUT2D eigenvalue weighted by atomic mass is 10.2. The molecule has 3 rings (SSSR count). The average molecular weight is 267 g/mol. The molecule has 102 valence electrons. The maximum atomic E-state index is 5.88. The van der Waals surface area contributed by atoms with Crippen molar-refractivity contribution >= 4 is 16.8 Å². The van der Waals surface area contributed by atoms with Crippen molar-refractivity contribution in [2.75, 3.05) is 11.9 Å². The van der Waals surface area contributed by atoms with Gasteiger partial charge in [-0.3, -0.25) is 0 Å². The van der Waals surface area contributed by atoms with E-state index in [1.54, 1.807) is 0 Å². The molecule has 0 aliphatic heterocycles. The van der Waals surface area contributed by atoms with Crippen LogP contribution in [0.4, 0.5) is 5.82 Å². The zero-order valence-corrected chi connectivity index (χ0v) is 11.9. The maximum absolute atomic E-state index is 5.88. The van der Waals surface area contributed by atoms with Crippen LogP contribution in [0.2, 0.25) is 0 Å². The summed E-state index contributed by atoms with van der Waals surface area (Å²) >= 11 is 0. The Morgan fingerprint density at radius 1 is 1.10 bits per heavy atom. The number of hydrogen-bond acceptors (Lipinski definition) is 4. The van der Waals surface area contributed by atoms with E-state index in [0.717, 1.165) is 40.6 Å². The Bertz CT molecular complexity index is 762. The number of aromatic nitrogens is 2. The van der Waals surface area contributed by atoms with Crippen LogP contribution in [0.25, 0.3) is 22.4 Å². The lowest BCUT2D eigenvalue weighted by Crippen LogP contribution is -2.02. The van der Waals surface area contributed by atoms with Crippen molar-refractivity contribution in [3.8, 4) is 11.5 Å². The summed E-state index contributed by atoms with van der Waals surface area (Å²) in [5.41, 5.74) is 2.91. The monoisotopic (exact) mass is 267 g/mol. The van der Waals surface area contributed by atoms with Crippen LogP contribution in [0.1, 0.15) is 18.3 Å². The molecule has 0 saturated carbocycles. The van der Waals surface area contributed by atoms with Gasteiger partial charge in [-0.1, -0.05) is 11.6 Å². The Balaban J connectivity index is 2.10. The molecule has 2 aromatic heterocycles. The van der Waals surface area contributed by atoms with Crippen LogP contribution in [0, 0.1) is 13.8 Å². The largest absolute Gasteiger partial charge is 0.454 e. The molecule has 0 spiro atoms. The molecule has 2 heterocycles. The highest BCUT2D eigenvalue weighted by Crippen LogP contribution is 2.28. The van der Waals surface area contributed by atoms with E-state index in [2.05, 4.69) is 28.3 Å². The van der Waals surface area contributed by atoms with E-state index in [9.17, 15) is 0 Å². The van der Waals surface area contributed by atoms with E-state index in [0.29, 0.717) is 0 Å². The average Bonchev–Trinajstić information content (AvgIpc) is 2.81. The van der Waals surface area contributed by atoms with Crippen molar-refractivity contribution in [1.29, 1.82) is 0 Å². The molecule has 0 amide bonds.